The van der Waals surface area contributed by atoms with E-state index < -0.39 is 0 Å². The van der Waals surface area contributed by atoms with Gasteiger partial charge in [0.05, 0.1) is 6.61 Å². The molecule has 1 aliphatic rings. The Morgan fingerprint density at radius 2 is 2.10 bits per heavy atom. The summed E-state index contributed by atoms with van der Waals surface area (Å²) in [4.78, 5) is 0. The lowest BCUT2D eigenvalue weighted by Crippen LogP contribution is -2.12. The van der Waals surface area contributed by atoms with Gasteiger partial charge in [-0.3, -0.25) is 0 Å². The van der Waals surface area contributed by atoms with Gasteiger partial charge >= 0.3 is 0 Å². The number of nitrogens with two attached hydrogens (primary N) is 1. The Kier molecular flexibility index (Phi) is 4.18. The lowest BCUT2D eigenvalue weighted by Gasteiger charge is -2.14. The van der Waals surface area contributed by atoms with Crippen molar-refractivity contribution in [3.63, 3.8) is 0 Å². The van der Waals surface area contributed by atoms with Gasteiger partial charge in [0.2, 0.25) is 0 Å². The molecule has 0 saturated heterocycles. The molecule has 0 bridgehead atoms. The predicted molar refractivity (Wildman–Crippen MR) is 87.1 cm³/mol. The monoisotopic (exact) mass is 301 g/mol. The maximum absolute atomic E-state index is 6.30. The van der Waals surface area contributed by atoms with E-state index in [1.165, 1.54) is 11.1 Å². The van der Waals surface area contributed by atoms with Gasteiger partial charge in [-0.25, -0.2) is 0 Å². The van der Waals surface area contributed by atoms with Crippen molar-refractivity contribution < 1.29 is 4.74 Å². The van der Waals surface area contributed by atoms with Gasteiger partial charge in [-0.05, 0) is 54.2 Å². The molecular weight excluding hydrogens is 282 g/mol. The molecule has 1 unspecified atom stereocenters. The van der Waals surface area contributed by atoms with Gasteiger partial charge in [-0.2, -0.15) is 0 Å². The minimum Gasteiger partial charge on any atom is -0.493 e. The summed E-state index contributed by atoms with van der Waals surface area (Å²) < 4.78 is 5.53. The molecule has 3 rings (SSSR count). The minimum atomic E-state index is -0.0254. The Labute approximate surface area is 130 Å². The maximum atomic E-state index is 6.30. The standard InChI is InChI=1S/C18H20ClNO/c1-12-2-5-15(16(19)10-12)17(20)6-3-13-4-7-18-14(11-13)8-9-21-18/h2,4-5,7,10-11,17H,3,6,8-9,20H2,1H3. The first-order valence-corrected chi connectivity index (χ1v) is 7.77. The van der Waals surface area contributed by atoms with Crippen molar-refractivity contribution in [1.82, 2.24) is 0 Å². The summed E-state index contributed by atoms with van der Waals surface area (Å²) in [6.45, 7) is 2.84. The quantitative estimate of drug-likeness (QED) is 0.918. The number of ether oxygens (including phenoxy) is 1. The van der Waals surface area contributed by atoms with E-state index in [4.69, 9.17) is 22.1 Å². The van der Waals surface area contributed by atoms with Crippen molar-refractivity contribution in [3.8, 4) is 5.75 Å². The van der Waals surface area contributed by atoms with Crippen LogP contribution in [0.25, 0.3) is 0 Å². The molecular formula is C18H20ClNO. The first kappa shape index (κ1) is 14.4. The average molecular weight is 302 g/mol. The molecule has 1 heterocycles. The Hall–Kier alpha value is -1.51. The van der Waals surface area contributed by atoms with Gasteiger partial charge < -0.3 is 10.5 Å². The van der Waals surface area contributed by atoms with Crippen molar-refractivity contribution in [3.05, 3.63) is 63.7 Å². The summed E-state index contributed by atoms with van der Waals surface area (Å²) in [6, 6.07) is 12.5. The summed E-state index contributed by atoms with van der Waals surface area (Å²) in [7, 11) is 0. The molecule has 0 radical (unpaired) electrons. The van der Waals surface area contributed by atoms with Crippen LogP contribution in [0.15, 0.2) is 36.4 Å². The second-order valence-electron chi connectivity index (χ2n) is 5.71. The van der Waals surface area contributed by atoms with Crippen LogP contribution in [-0.4, -0.2) is 6.61 Å². The van der Waals surface area contributed by atoms with Gasteiger partial charge in [0.15, 0.2) is 0 Å². The van der Waals surface area contributed by atoms with Crippen molar-refractivity contribution in [2.24, 2.45) is 5.73 Å². The van der Waals surface area contributed by atoms with Gasteiger partial charge in [0.25, 0.3) is 0 Å². The molecule has 0 amide bonds. The third-order valence-electron chi connectivity index (χ3n) is 4.05. The lowest BCUT2D eigenvalue weighted by molar-refractivity contribution is 0.357. The van der Waals surface area contributed by atoms with Crippen LogP contribution < -0.4 is 10.5 Å². The van der Waals surface area contributed by atoms with Crippen LogP contribution in [0.2, 0.25) is 5.02 Å². The molecule has 2 nitrogen and oxygen atoms in total. The van der Waals surface area contributed by atoms with Gasteiger partial charge in [0, 0.05) is 17.5 Å². The highest BCUT2D eigenvalue weighted by Crippen LogP contribution is 2.28. The molecule has 0 aliphatic carbocycles. The zero-order valence-corrected chi connectivity index (χ0v) is 13.0. The number of hydrogen-bond acceptors (Lipinski definition) is 2. The number of rotatable bonds is 4. The highest BCUT2D eigenvalue weighted by Gasteiger charge is 2.14. The Balaban J connectivity index is 1.67. The molecule has 110 valence electrons. The largest absolute Gasteiger partial charge is 0.493 e. The zero-order chi connectivity index (χ0) is 14.8. The van der Waals surface area contributed by atoms with E-state index in [0.29, 0.717) is 0 Å². The number of hydrogen-bond donors (Lipinski definition) is 1. The van der Waals surface area contributed by atoms with E-state index in [-0.39, 0.29) is 6.04 Å². The lowest BCUT2D eigenvalue weighted by atomic mass is 9.97. The van der Waals surface area contributed by atoms with Crippen LogP contribution in [0, 0.1) is 6.92 Å². The second-order valence-corrected chi connectivity index (χ2v) is 6.12. The summed E-state index contributed by atoms with van der Waals surface area (Å²) >= 11 is 6.29. The Morgan fingerprint density at radius 3 is 2.90 bits per heavy atom. The van der Waals surface area contributed by atoms with Crippen molar-refractivity contribution in [2.75, 3.05) is 6.61 Å². The van der Waals surface area contributed by atoms with Crippen LogP contribution in [0.5, 0.6) is 5.75 Å². The number of fused-ring (bicyclic) bond motifs is 1. The normalized spacial score (nSPS) is 14.6. The van der Waals surface area contributed by atoms with Gasteiger partial charge in [-0.15, -0.1) is 0 Å². The summed E-state index contributed by atoms with van der Waals surface area (Å²) in [5.41, 5.74) is 11.1. The van der Waals surface area contributed by atoms with Gasteiger partial charge in [-0.1, -0.05) is 35.9 Å². The first-order chi connectivity index (χ1) is 10.1. The van der Waals surface area contributed by atoms with Crippen LogP contribution in [0.3, 0.4) is 0 Å². The molecule has 21 heavy (non-hydrogen) atoms. The van der Waals surface area contributed by atoms with E-state index in [0.717, 1.165) is 47.8 Å². The second kappa shape index (κ2) is 6.08. The number of halogens is 1. The fraction of sp³-hybridized carbons (Fsp3) is 0.333. The van der Waals surface area contributed by atoms with Crippen molar-refractivity contribution in [2.45, 2.75) is 32.2 Å². The smallest absolute Gasteiger partial charge is 0.122 e. The van der Waals surface area contributed by atoms with E-state index in [1.54, 1.807) is 0 Å². The molecule has 0 fully saturated rings. The first-order valence-electron chi connectivity index (χ1n) is 7.40. The highest BCUT2D eigenvalue weighted by molar-refractivity contribution is 6.31. The van der Waals surface area contributed by atoms with Crippen LogP contribution in [0.1, 0.15) is 34.7 Å². The van der Waals surface area contributed by atoms with E-state index in [2.05, 4.69) is 24.3 Å². The third-order valence-corrected chi connectivity index (χ3v) is 4.38. The average Bonchev–Trinajstić information content (AvgIpc) is 2.92. The molecule has 0 saturated carbocycles. The molecule has 1 aliphatic heterocycles. The van der Waals surface area contributed by atoms with E-state index in [1.807, 2.05) is 19.1 Å². The fourth-order valence-corrected chi connectivity index (χ4v) is 3.18. The molecule has 2 N–H and O–H groups in total. The van der Waals surface area contributed by atoms with Crippen LogP contribution in [-0.2, 0) is 12.8 Å². The van der Waals surface area contributed by atoms with E-state index >= 15 is 0 Å². The molecule has 0 spiro atoms. The minimum absolute atomic E-state index is 0.0254. The van der Waals surface area contributed by atoms with Crippen molar-refractivity contribution in [1.29, 1.82) is 0 Å². The summed E-state index contributed by atoms with van der Waals surface area (Å²) in [5, 5.41) is 0.768. The summed E-state index contributed by atoms with van der Waals surface area (Å²) in [5.74, 6) is 1.03. The molecule has 2 aromatic rings. The van der Waals surface area contributed by atoms with Crippen LogP contribution >= 0.6 is 11.6 Å². The topological polar surface area (TPSA) is 35.2 Å². The zero-order valence-electron chi connectivity index (χ0n) is 12.2. The molecule has 0 aromatic heterocycles. The van der Waals surface area contributed by atoms with Gasteiger partial charge in [0.1, 0.15) is 5.75 Å². The predicted octanol–water partition coefficient (Wildman–Crippen LogP) is 4.22. The van der Waals surface area contributed by atoms with Crippen LogP contribution in [0.4, 0.5) is 0 Å². The fourth-order valence-electron chi connectivity index (χ4n) is 2.81. The molecule has 2 aromatic carbocycles. The SMILES string of the molecule is Cc1ccc(C(N)CCc2ccc3c(c2)CCO3)c(Cl)c1. The highest BCUT2D eigenvalue weighted by atomic mass is 35.5. The number of benzene rings is 2. The Morgan fingerprint density at radius 1 is 1.24 bits per heavy atom. The van der Waals surface area contributed by atoms with E-state index in [9.17, 15) is 0 Å². The Bertz CT molecular complexity index is 654. The number of aryl methyl sites for hydroxylation is 2. The van der Waals surface area contributed by atoms with Crippen molar-refractivity contribution >= 4 is 11.6 Å². The molecule has 3 heteroatoms. The molecule has 1 atom stereocenters. The maximum Gasteiger partial charge on any atom is 0.122 e. The summed E-state index contributed by atoms with van der Waals surface area (Å²) in [6.07, 6.45) is 2.86. The third kappa shape index (κ3) is 3.22.